The molecule has 1 aromatic carbocycles. The summed E-state index contributed by atoms with van der Waals surface area (Å²) in [5.74, 6) is 0.300. The van der Waals surface area contributed by atoms with E-state index in [-0.39, 0.29) is 5.97 Å². The summed E-state index contributed by atoms with van der Waals surface area (Å²) >= 11 is 0. The molecule has 3 rings (SSSR count). The predicted octanol–water partition coefficient (Wildman–Crippen LogP) is 3.45. The zero-order chi connectivity index (χ0) is 13.9. The van der Waals surface area contributed by atoms with Crippen LogP contribution in [-0.4, -0.2) is 11.0 Å². The molecule has 0 unspecified atom stereocenters. The van der Waals surface area contributed by atoms with E-state index in [9.17, 15) is 4.79 Å². The van der Waals surface area contributed by atoms with Gasteiger partial charge in [-0.2, -0.15) is 0 Å². The fourth-order valence-corrected chi connectivity index (χ4v) is 2.19. The van der Waals surface area contributed by atoms with Crippen LogP contribution in [-0.2, 0) is 9.53 Å². The molecule has 0 aliphatic carbocycles. The molecule has 1 aliphatic rings. The van der Waals surface area contributed by atoms with Crippen LogP contribution in [0, 0.1) is 0 Å². The van der Waals surface area contributed by atoms with Crippen LogP contribution in [0.2, 0.25) is 0 Å². The highest BCUT2D eigenvalue weighted by molar-refractivity contribution is 6.21. The molecular weight excluding hydrogens is 250 g/mol. The quantitative estimate of drug-likeness (QED) is 0.779. The lowest BCUT2D eigenvalue weighted by molar-refractivity contribution is -0.131. The van der Waals surface area contributed by atoms with E-state index in [1.54, 1.807) is 12.4 Å². The smallest absolute Gasteiger partial charge is 0.344 e. The third kappa shape index (κ3) is 2.26. The van der Waals surface area contributed by atoms with Crippen molar-refractivity contribution < 1.29 is 9.53 Å². The van der Waals surface area contributed by atoms with Crippen LogP contribution in [0.4, 0.5) is 0 Å². The molecule has 0 bridgehead atoms. The van der Waals surface area contributed by atoms with E-state index >= 15 is 0 Å². The van der Waals surface area contributed by atoms with E-state index in [1.807, 2.05) is 55.5 Å². The molecule has 0 atom stereocenters. The van der Waals surface area contributed by atoms with Crippen molar-refractivity contribution in [3.05, 3.63) is 77.3 Å². The molecule has 0 spiro atoms. The lowest BCUT2D eigenvalue weighted by atomic mass is 10.0. The number of aromatic nitrogens is 1. The normalized spacial score (nSPS) is 16.6. The van der Waals surface area contributed by atoms with E-state index < -0.39 is 0 Å². The predicted molar refractivity (Wildman–Crippen MR) is 77.3 cm³/mol. The molecule has 0 saturated heterocycles. The van der Waals surface area contributed by atoms with Gasteiger partial charge < -0.3 is 4.74 Å². The molecule has 3 heteroatoms. The van der Waals surface area contributed by atoms with E-state index in [4.69, 9.17) is 4.74 Å². The number of cyclic esters (lactones) is 1. The van der Waals surface area contributed by atoms with Gasteiger partial charge in [-0.3, -0.25) is 4.98 Å². The van der Waals surface area contributed by atoms with Crippen LogP contribution >= 0.6 is 0 Å². The van der Waals surface area contributed by atoms with Crippen LogP contribution in [0.3, 0.4) is 0 Å². The molecular formula is C17H13NO2. The molecule has 2 heterocycles. The third-order valence-electron chi connectivity index (χ3n) is 3.22. The Hall–Kier alpha value is -2.68. The number of esters is 1. The Morgan fingerprint density at radius 3 is 2.45 bits per heavy atom. The Morgan fingerprint density at radius 2 is 1.75 bits per heavy atom. The van der Waals surface area contributed by atoms with Gasteiger partial charge in [-0.1, -0.05) is 30.3 Å². The molecule has 0 amide bonds. The molecule has 0 saturated carbocycles. The molecule has 1 aromatic heterocycles. The van der Waals surface area contributed by atoms with Gasteiger partial charge in [0.2, 0.25) is 0 Å². The fraction of sp³-hybridized carbons (Fsp3) is 0.0588. The Labute approximate surface area is 117 Å². The van der Waals surface area contributed by atoms with Crippen LogP contribution in [0.15, 0.2) is 66.2 Å². The monoisotopic (exact) mass is 263 g/mol. The van der Waals surface area contributed by atoms with Crippen molar-refractivity contribution >= 4 is 17.6 Å². The number of benzene rings is 1. The van der Waals surface area contributed by atoms with E-state index in [2.05, 4.69) is 4.98 Å². The van der Waals surface area contributed by atoms with Gasteiger partial charge in [-0.15, -0.1) is 0 Å². The first-order chi connectivity index (χ1) is 9.75. The van der Waals surface area contributed by atoms with Gasteiger partial charge in [0.05, 0.1) is 5.57 Å². The molecule has 2 aromatic rings. The van der Waals surface area contributed by atoms with Crippen molar-refractivity contribution in [1.29, 1.82) is 0 Å². The first-order valence-electron chi connectivity index (χ1n) is 6.36. The summed E-state index contributed by atoms with van der Waals surface area (Å²) in [5, 5.41) is 0. The zero-order valence-corrected chi connectivity index (χ0v) is 11.0. The Morgan fingerprint density at radius 1 is 1.05 bits per heavy atom. The summed E-state index contributed by atoms with van der Waals surface area (Å²) in [6, 6.07) is 13.3. The second-order valence-electron chi connectivity index (χ2n) is 4.54. The van der Waals surface area contributed by atoms with Crippen LogP contribution < -0.4 is 0 Å². The second-order valence-corrected chi connectivity index (χ2v) is 4.54. The highest BCUT2D eigenvalue weighted by Gasteiger charge is 2.27. The maximum absolute atomic E-state index is 12.1. The Bertz CT molecular complexity index is 700. The standard InChI is InChI=1S/C17H13NO2/c1-12-15(11-13-7-9-18-10-8-13)20-17(19)16(12)14-5-3-2-4-6-14/h2-11H,1H3/b15-11+. The zero-order valence-electron chi connectivity index (χ0n) is 11.0. The molecule has 0 N–H and O–H groups in total. The summed E-state index contributed by atoms with van der Waals surface area (Å²) in [5.41, 5.74) is 3.33. The molecule has 20 heavy (non-hydrogen) atoms. The number of hydrogen-bond acceptors (Lipinski definition) is 3. The van der Waals surface area contributed by atoms with E-state index in [1.165, 1.54) is 0 Å². The minimum absolute atomic E-state index is 0.297. The van der Waals surface area contributed by atoms with Gasteiger partial charge in [0.25, 0.3) is 0 Å². The van der Waals surface area contributed by atoms with Crippen molar-refractivity contribution in [2.45, 2.75) is 6.92 Å². The van der Waals surface area contributed by atoms with Gasteiger partial charge >= 0.3 is 5.97 Å². The summed E-state index contributed by atoms with van der Waals surface area (Å²) in [6.45, 7) is 1.90. The first kappa shape index (κ1) is 12.4. The number of pyridine rings is 1. The largest absolute Gasteiger partial charge is 0.423 e. The maximum atomic E-state index is 12.1. The van der Waals surface area contributed by atoms with Crippen molar-refractivity contribution in [3.63, 3.8) is 0 Å². The van der Waals surface area contributed by atoms with Gasteiger partial charge in [0.15, 0.2) is 0 Å². The molecule has 1 aliphatic heterocycles. The Kier molecular flexibility index (Phi) is 3.17. The molecule has 98 valence electrons. The first-order valence-corrected chi connectivity index (χ1v) is 6.36. The second kappa shape index (κ2) is 5.13. The SMILES string of the molecule is CC1=C(c2ccccc2)C(=O)O/C1=C/c1ccncc1. The highest BCUT2D eigenvalue weighted by atomic mass is 16.5. The molecule has 0 fully saturated rings. The number of ether oxygens (including phenoxy) is 1. The maximum Gasteiger partial charge on any atom is 0.344 e. The summed E-state index contributed by atoms with van der Waals surface area (Å²) in [6.07, 6.45) is 5.27. The van der Waals surface area contributed by atoms with Gasteiger partial charge in [-0.05, 0) is 36.3 Å². The fourth-order valence-electron chi connectivity index (χ4n) is 2.19. The average Bonchev–Trinajstić information content (AvgIpc) is 2.75. The highest BCUT2D eigenvalue weighted by Crippen LogP contribution is 2.33. The minimum atomic E-state index is -0.297. The number of hydrogen-bond donors (Lipinski definition) is 0. The average molecular weight is 263 g/mol. The van der Waals surface area contributed by atoms with Gasteiger partial charge in [0, 0.05) is 18.0 Å². The molecule has 3 nitrogen and oxygen atoms in total. The summed E-state index contributed by atoms with van der Waals surface area (Å²) in [7, 11) is 0. The minimum Gasteiger partial charge on any atom is -0.423 e. The summed E-state index contributed by atoms with van der Waals surface area (Å²) in [4.78, 5) is 16.0. The number of carbonyl (C=O) groups excluding carboxylic acids is 1. The Balaban J connectivity index is 2.03. The van der Waals surface area contributed by atoms with Crippen molar-refractivity contribution in [1.82, 2.24) is 4.98 Å². The van der Waals surface area contributed by atoms with Crippen molar-refractivity contribution in [3.8, 4) is 0 Å². The van der Waals surface area contributed by atoms with E-state index in [0.717, 1.165) is 16.7 Å². The molecule has 0 radical (unpaired) electrons. The lowest BCUT2D eigenvalue weighted by Crippen LogP contribution is -1.97. The van der Waals surface area contributed by atoms with Gasteiger partial charge in [-0.25, -0.2) is 4.79 Å². The number of allylic oxidation sites excluding steroid dienone is 1. The van der Waals surface area contributed by atoms with Crippen LogP contribution in [0.25, 0.3) is 11.6 Å². The number of rotatable bonds is 2. The number of carbonyl (C=O) groups is 1. The number of nitrogens with zero attached hydrogens (tertiary/aromatic N) is 1. The van der Waals surface area contributed by atoms with E-state index in [0.29, 0.717) is 11.3 Å². The topological polar surface area (TPSA) is 39.2 Å². The van der Waals surface area contributed by atoms with Crippen LogP contribution in [0.5, 0.6) is 0 Å². The van der Waals surface area contributed by atoms with Gasteiger partial charge in [0.1, 0.15) is 5.76 Å². The summed E-state index contributed by atoms with van der Waals surface area (Å²) < 4.78 is 5.37. The third-order valence-corrected chi connectivity index (χ3v) is 3.22. The van der Waals surface area contributed by atoms with Crippen molar-refractivity contribution in [2.24, 2.45) is 0 Å². The lowest BCUT2D eigenvalue weighted by Gasteiger charge is -1.99. The van der Waals surface area contributed by atoms with Crippen molar-refractivity contribution in [2.75, 3.05) is 0 Å². The van der Waals surface area contributed by atoms with Crippen LogP contribution in [0.1, 0.15) is 18.1 Å².